The highest BCUT2D eigenvalue weighted by Gasteiger charge is 2.14. The molecule has 16 heavy (non-hydrogen) atoms. The second-order valence-electron chi connectivity index (χ2n) is 5.58. The fourth-order valence-electron chi connectivity index (χ4n) is 1.85. The van der Waals surface area contributed by atoms with Crippen molar-refractivity contribution in [2.45, 2.75) is 27.3 Å². The minimum Gasteiger partial charge on any atom is -0.399 e. The van der Waals surface area contributed by atoms with Gasteiger partial charge >= 0.3 is 0 Å². The predicted molar refractivity (Wildman–Crippen MR) is 74.3 cm³/mol. The summed E-state index contributed by atoms with van der Waals surface area (Å²) in [7, 11) is 2.15. The van der Waals surface area contributed by atoms with Crippen molar-refractivity contribution in [3.8, 4) is 0 Å². The van der Waals surface area contributed by atoms with E-state index in [1.54, 1.807) is 0 Å². The first-order valence-electron chi connectivity index (χ1n) is 5.50. The number of hydrogen-bond donors (Lipinski definition) is 1. The fraction of sp³-hybridized carbons (Fsp3) is 0.538. The first-order chi connectivity index (χ1) is 7.28. The number of anilines is 1. The Balaban J connectivity index is 2.66. The van der Waals surface area contributed by atoms with Crippen molar-refractivity contribution in [2.75, 3.05) is 19.3 Å². The summed E-state index contributed by atoms with van der Waals surface area (Å²) < 4.78 is 1.09. The maximum Gasteiger partial charge on any atom is 0.0325 e. The van der Waals surface area contributed by atoms with Crippen LogP contribution in [0.1, 0.15) is 26.3 Å². The van der Waals surface area contributed by atoms with Crippen LogP contribution in [0.3, 0.4) is 0 Å². The third-order valence-corrected chi connectivity index (χ3v) is 3.00. The van der Waals surface area contributed by atoms with Crippen molar-refractivity contribution in [1.29, 1.82) is 0 Å². The average Bonchev–Trinajstić information content (AvgIpc) is 2.06. The van der Waals surface area contributed by atoms with Gasteiger partial charge in [0.25, 0.3) is 0 Å². The molecule has 0 fully saturated rings. The summed E-state index contributed by atoms with van der Waals surface area (Å²) >= 11 is 3.55. The monoisotopic (exact) mass is 284 g/mol. The predicted octanol–water partition coefficient (Wildman–Crippen LogP) is 3.51. The van der Waals surface area contributed by atoms with Crippen LogP contribution in [0.2, 0.25) is 0 Å². The van der Waals surface area contributed by atoms with Crippen LogP contribution in [0.4, 0.5) is 5.69 Å². The van der Waals surface area contributed by atoms with Crippen molar-refractivity contribution in [3.05, 3.63) is 28.2 Å². The maximum absolute atomic E-state index is 5.72. The number of nitrogens with zero attached hydrogens (tertiary/aromatic N) is 1. The SMILES string of the molecule is CN(Cc1ccc(N)cc1Br)CC(C)(C)C. The quantitative estimate of drug-likeness (QED) is 0.861. The molecule has 90 valence electrons. The summed E-state index contributed by atoms with van der Waals surface area (Å²) in [5.74, 6) is 0. The lowest BCUT2D eigenvalue weighted by molar-refractivity contribution is 0.220. The third kappa shape index (κ3) is 4.54. The first kappa shape index (κ1) is 13.5. The van der Waals surface area contributed by atoms with Gasteiger partial charge in [0.15, 0.2) is 0 Å². The molecule has 1 aromatic carbocycles. The van der Waals surface area contributed by atoms with Gasteiger partial charge in [-0.1, -0.05) is 42.8 Å². The van der Waals surface area contributed by atoms with Gasteiger partial charge in [-0.15, -0.1) is 0 Å². The summed E-state index contributed by atoms with van der Waals surface area (Å²) in [5, 5.41) is 0. The number of benzene rings is 1. The molecule has 1 rings (SSSR count). The van der Waals surface area contributed by atoms with Crippen molar-refractivity contribution in [2.24, 2.45) is 5.41 Å². The molecule has 0 saturated heterocycles. The smallest absolute Gasteiger partial charge is 0.0325 e. The zero-order valence-corrected chi connectivity index (χ0v) is 12.1. The molecule has 1 aromatic rings. The van der Waals surface area contributed by atoms with Crippen LogP contribution in [0, 0.1) is 5.41 Å². The van der Waals surface area contributed by atoms with E-state index in [9.17, 15) is 0 Å². The highest BCUT2D eigenvalue weighted by atomic mass is 79.9. The van der Waals surface area contributed by atoms with Gasteiger partial charge in [0.1, 0.15) is 0 Å². The number of rotatable bonds is 3. The second-order valence-corrected chi connectivity index (χ2v) is 6.44. The molecule has 0 aliphatic heterocycles. The van der Waals surface area contributed by atoms with Crippen LogP contribution < -0.4 is 5.73 Å². The molecule has 0 heterocycles. The largest absolute Gasteiger partial charge is 0.399 e. The van der Waals surface area contributed by atoms with Gasteiger partial charge in [-0.3, -0.25) is 0 Å². The van der Waals surface area contributed by atoms with E-state index in [1.165, 1.54) is 5.56 Å². The lowest BCUT2D eigenvalue weighted by Crippen LogP contribution is -2.28. The molecule has 0 atom stereocenters. The molecule has 0 aliphatic carbocycles. The minimum atomic E-state index is 0.328. The van der Waals surface area contributed by atoms with Gasteiger partial charge < -0.3 is 10.6 Å². The van der Waals surface area contributed by atoms with Crippen LogP contribution in [0.25, 0.3) is 0 Å². The minimum absolute atomic E-state index is 0.328. The summed E-state index contributed by atoms with van der Waals surface area (Å²) in [5.41, 5.74) is 8.12. The normalized spacial score (nSPS) is 12.1. The van der Waals surface area contributed by atoms with Crippen LogP contribution >= 0.6 is 15.9 Å². The third-order valence-electron chi connectivity index (χ3n) is 2.26. The molecule has 0 amide bonds. The Hall–Kier alpha value is -0.540. The summed E-state index contributed by atoms with van der Waals surface area (Å²) in [4.78, 5) is 2.33. The average molecular weight is 285 g/mol. The molecule has 0 radical (unpaired) electrons. The number of nitrogen functional groups attached to an aromatic ring is 1. The highest BCUT2D eigenvalue weighted by Crippen LogP contribution is 2.22. The van der Waals surface area contributed by atoms with E-state index in [0.717, 1.165) is 23.2 Å². The summed E-state index contributed by atoms with van der Waals surface area (Å²) in [6, 6.07) is 5.99. The van der Waals surface area contributed by atoms with Gasteiger partial charge in [0.05, 0.1) is 0 Å². The van der Waals surface area contributed by atoms with E-state index in [2.05, 4.69) is 54.7 Å². The lowest BCUT2D eigenvalue weighted by atomic mass is 9.96. The Morgan fingerprint density at radius 3 is 2.44 bits per heavy atom. The Bertz CT molecular complexity index is 355. The molecule has 0 unspecified atom stereocenters. The second kappa shape index (κ2) is 5.19. The van der Waals surface area contributed by atoms with E-state index in [4.69, 9.17) is 5.73 Å². The molecule has 2 N–H and O–H groups in total. The van der Waals surface area contributed by atoms with Crippen LogP contribution in [0.15, 0.2) is 22.7 Å². The molecule has 0 saturated carbocycles. The Morgan fingerprint density at radius 1 is 1.31 bits per heavy atom. The first-order valence-corrected chi connectivity index (χ1v) is 6.30. The summed E-state index contributed by atoms with van der Waals surface area (Å²) in [6.07, 6.45) is 0. The molecule has 3 heteroatoms. The van der Waals surface area contributed by atoms with Gasteiger partial charge in [-0.2, -0.15) is 0 Å². The number of nitrogens with two attached hydrogens (primary N) is 1. The van der Waals surface area contributed by atoms with E-state index in [0.29, 0.717) is 5.41 Å². The standard InChI is InChI=1S/C13H21BrN2/c1-13(2,3)9-16(4)8-10-5-6-11(15)7-12(10)14/h5-7H,8-9,15H2,1-4H3. The van der Waals surface area contributed by atoms with E-state index in [1.807, 2.05) is 12.1 Å². The van der Waals surface area contributed by atoms with Crippen molar-refractivity contribution < 1.29 is 0 Å². The fourth-order valence-corrected chi connectivity index (χ4v) is 2.37. The van der Waals surface area contributed by atoms with E-state index in [-0.39, 0.29) is 0 Å². The lowest BCUT2D eigenvalue weighted by Gasteiger charge is -2.26. The number of hydrogen-bond acceptors (Lipinski definition) is 2. The van der Waals surface area contributed by atoms with Gasteiger partial charge in [-0.05, 0) is 30.2 Å². The summed E-state index contributed by atoms with van der Waals surface area (Å²) in [6.45, 7) is 8.77. The van der Waals surface area contributed by atoms with Crippen LogP contribution in [-0.2, 0) is 6.54 Å². The Morgan fingerprint density at radius 2 is 1.94 bits per heavy atom. The molecule has 2 nitrogen and oxygen atoms in total. The molecule has 0 aliphatic rings. The van der Waals surface area contributed by atoms with Crippen molar-refractivity contribution >= 4 is 21.6 Å². The van der Waals surface area contributed by atoms with Crippen LogP contribution in [0.5, 0.6) is 0 Å². The van der Waals surface area contributed by atoms with Gasteiger partial charge in [0.2, 0.25) is 0 Å². The molecule has 0 spiro atoms. The van der Waals surface area contributed by atoms with Crippen molar-refractivity contribution in [3.63, 3.8) is 0 Å². The highest BCUT2D eigenvalue weighted by molar-refractivity contribution is 9.10. The maximum atomic E-state index is 5.72. The molecule has 0 bridgehead atoms. The zero-order chi connectivity index (χ0) is 12.3. The van der Waals surface area contributed by atoms with E-state index < -0.39 is 0 Å². The van der Waals surface area contributed by atoms with E-state index >= 15 is 0 Å². The van der Waals surface area contributed by atoms with Gasteiger partial charge in [0, 0.05) is 23.2 Å². The molecular formula is C13H21BrN2. The topological polar surface area (TPSA) is 29.3 Å². The Kier molecular flexibility index (Phi) is 4.39. The number of halogens is 1. The van der Waals surface area contributed by atoms with Gasteiger partial charge in [-0.25, -0.2) is 0 Å². The zero-order valence-electron chi connectivity index (χ0n) is 10.5. The molecule has 0 aromatic heterocycles. The van der Waals surface area contributed by atoms with Crippen LogP contribution in [-0.4, -0.2) is 18.5 Å². The molecular weight excluding hydrogens is 264 g/mol. The Labute approximate surface area is 107 Å². The van der Waals surface area contributed by atoms with Crippen molar-refractivity contribution in [1.82, 2.24) is 4.90 Å².